The summed E-state index contributed by atoms with van der Waals surface area (Å²) in [7, 11) is 0. The fraction of sp³-hybridized carbons (Fsp3) is 0.900. The molecule has 3 atom stereocenters. The first-order chi connectivity index (χ1) is 10.4. The summed E-state index contributed by atoms with van der Waals surface area (Å²) in [6.45, 7) is 4.05. The highest BCUT2D eigenvalue weighted by molar-refractivity contribution is 7.80. The van der Waals surface area contributed by atoms with Crippen LogP contribution in [0.1, 0.15) is 20.3 Å². The van der Waals surface area contributed by atoms with Gasteiger partial charge in [-0.25, -0.2) is 0 Å². The maximum Gasteiger partial charge on any atom is 0.471 e. The maximum atomic E-state index is 11.7. The number of halogens is 6. The zero-order valence-corrected chi connectivity index (χ0v) is 12.8. The molecule has 0 spiro atoms. The molecule has 1 rings (SSSR count). The summed E-state index contributed by atoms with van der Waals surface area (Å²) in [5.74, 6) is -2.05. The Kier molecular flexibility index (Phi) is 11.4. The Balaban J connectivity index is 0. The molecule has 1 heterocycles. The van der Waals surface area contributed by atoms with E-state index in [0.29, 0.717) is 13.0 Å². The van der Waals surface area contributed by atoms with Crippen molar-refractivity contribution < 1.29 is 49.7 Å². The molecule has 1 aliphatic heterocycles. The van der Waals surface area contributed by atoms with Crippen molar-refractivity contribution in [3.63, 3.8) is 0 Å². The first-order valence-corrected chi connectivity index (χ1v) is 7.24. The second-order valence-corrected chi connectivity index (χ2v) is 4.59. The van der Waals surface area contributed by atoms with Crippen LogP contribution in [0.4, 0.5) is 26.3 Å². The van der Waals surface area contributed by atoms with Crippen molar-refractivity contribution in [1.29, 1.82) is 0 Å². The summed E-state index contributed by atoms with van der Waals surface area (Å²) in [5, 5.41) is 10.8. The lowest BCUT2D eigenvalue weighted by molar-refractivity contribution is -0.175. The van der Waals surface area contributed by atoms with Crippen LogP contribution in [0.25, 0.3) is 0 Å². The molecule has 0 bridgehead atoms. The lowest BCUT2D eigenvalue weighted by Gasteiger charge is -2.30. The Hall–Kier alpha value is -0.920. The highest BCUT2D eigenvalue weighted by atomic mass is 32.2. The molecule has 2 N–H and O–H groups in total. The summed E-state index contributed by atoms with van der Waals surface area (Å²) in [6, 6.07) is 0. The predicted molar refractivity (Wildman–Crippen MR) is 65.8 cm³/mol. The van der Waals surface area contributed by atoms with Crippen LogP contribution in [0.15, 0.2) is 0 Å². The fourth-order valence-corrected chi connectivity index (χ4v) is 0.986. The largest absolute Gasteiger partial charge is 0.766 e. The second-order valence-electron chi connectivity index (χ2n) is 3.65. The minimum absolute atomic E-state index is 0.441. The number of alkyl halides is 6. The van der Waals surface area contributed by atoms with E-state index in [-0.39, 0.29) is 0 Å². The quantitative estimate of drug-likeness (QED) is 0.570. The molecule has 0 aromatic rings. The molecular weight excluding hydrogens is 360 g/mol. The Morgan fingerprint density at radius 1 is 1.35 bits per heavy atom. The standard InChI is InChI=1S/C7H10F3NO3.C2H6.CHF3O2S/c8-7(9,10)6(13)11-3-4(12)5-1-2-14-5;1-2;2-1(3,4)7(5)6/h4-5,12H,1-3H2,(H,11,13);1-2H3;(H,5,6)/p-1. The SMILES string of the molecule is CC.O=C(NCC(O)C1CCO1)C(F)(F)F.O=S([O-])C(F)(F)F. The van der Waals surface area contributed by atoms with Gasteiger partial charge in [0.15, 0.2) is 0 Å². The van der Waals surface area contributed by atoms with E-state index >= 15 is 0 Å². The molecule has 0 aromatic heterocycles. The van der Waals surface area contributed by atoms with Gasteiger partial charge in [-0.2, -0.15) is 26.3 Å². The predicted octanol–water partition coefficient (Wildman–Crippen LogP) is 1.23. The smallest absolute Gasteiger partial charge is 0.471 e. The van der Waals surface area contributed by atoms with Crippen LogP contribution in [-0.4, -0.2) is 56.8 Å². The third kappa shape index (κ3) is 11.3. The number of rotatable bonds is 3. The van der Waals surface area contributed by atoms with E-state index < -0.39 is 47.4 Å². The van der Waals surface area contributed by atoms with E-state index in [4.69, 9.17) is 13.5 Å². The van der Waals surface area contributed by atoms with Crippen molar-refractivity contribution in [3.05, 3.63) is 0 Å². The van der Waals surface area contributed by atoms with E-state index in [9.17, 15) is 36.2 Å². The van der Waals surface area contributed by atoms with Gasteiger partial charge in [-0.05, 0) is 6.42 Å². The normalized spacial score (nSPS) is 19.8. The number of hydrogen-bond donors (Lipinski definition) is 2. The van der Waals surface area contributed by atoms with Gasteiger partial charge >= 0.3 is 17.6 Å². The van der Waals surface area contributed by atoms with Crippen LogP contribution < -0.4 is 5.32 Å². The van der Waals surface area contributed by atoms with Gasteiger partial charge in [-0.3, -0.25) is 9.00 Å². The van der Waals surface area contributed by atoms with Crippen LogP contribution in [0, 0.1) is 0 Å². The Bertz CT molecular complexity index is 372. The number of amides is 1. The molecule has 13 heteroatoms. The summed E-state index contributed by atoms with van der Waals surface area (Å²) in [4.78, 5) is 10.3. The van der Waals surface area contributed by atoms with Crippen LogP contribution >= 0.6 is 0 Å². The zero-order chi connectivity index (χ0) is 18.8. The number of nitrogens with one attached hydrogen (secondary N) is 1. The summed E-state index contributed by atoms with van der Waals surface area (Å²) >= 11 is -3.93. The van der Waals surface area contributed by atoms with E-state index in [0.717, 1.165) is 0 Å². The number of ether oxygens (including phenoxy) is 1. The maximum absolute atomic E-state index is 11.7. The molecule has 3 unspecified atom stereocenters. The monoisotopic (exact) mass is 376 g/mol. The topological polar surface area (TPSA) is 98.7 Å². The minimum Gasteiger partial charge on any atom is -0.766 e. The summed E-state index contributed by atoms with van der Waals surface area (Å²) in [6.07, 6.45) is -5.83. The molecule has 1 fully saturated rings. The average molecular weight is 376 g/mol. The van der Waals surface area contributed by atoms with Crippen molar-refractivity contribution >= 4 is 17.0 Å². The first kappa shape index (κ1) is 24.3. The van der Waals surface area contributed by atoms with Gasteiger partial charge < -0.3 is 19.7 Å². The Morgan fingerprint density at radius 2 is 1.74 bits per heavy atom. The molecule has 1 aliphatic rings. The van der Waals surface area contributed by atoms with Crippen LogP contribution in [0.2, 0.25) is 0 Å². The van der Waals surface area contributed by atoms with Gasteiger partial charge in [0, 0.05) is 13.2 Å². The van der Waals surface area contributed by atoms with Gasteiger partial charge in [0.05, 0.1) is 23.3 Å². The van der Waals surface area contributed by atoms with Crippen molar-refractivity contribution in [2.75, 3.05) is 13.2 Å². The number of carbonyl (C=O) groups excluding carboxylic acids is 1. The molecule has 6 nitrogen and oxygen atoms in total. The van der Waals surface area contributed by atoms with E-state index in [1.165, 1.54) is 0 Å². The molecule has 0 saturated carbocycles. The third-order valence-corrected chi connectivity index (χ3v) is 2.46. The van der Waals surface area contributed by atoms with Gasteiger partial charge in [-0.1, -0.05) is 13.8 Å². The van der Waals surface area contributed by atoms with E-state index in [1.54, 1.807) is 5.32 Å². The molecule has 140 valence electrons. The fourth-order valence-electron chi connectivity index (χ4n) is 0.986. The van der Waals surface area contributed by atoms with E-state index in [2.05, 4.69) is 0 Å². The number of aliphatic hydroxyl groups is 1. The second kappa shape index (κ2) is 10.8. The molecule has 1 amide bonds. The Labute approximate surface area is 130 Å². The highest BCUT2D eigenvalue weighted by Crippen LogP contribution is 2.17. The molecule has 0 aliphatic carbocycles. The molecule has 0 aromatic carbocycles. The molecular formula is C10H16F6NO5S-. The molecule has 23 heavy (non-hydrogen) atoms. The van der Waals surface area contributed by atoms with Crippen LogP contribution in [0.3, 0.4) is 0 Å². The van der Waals surface area contributed by atoms with Crippen molar-refractivity contribution in [2.24, 2.45) is 0 Å². The van der Waals surface area contributed by atoms with Gasteiger partial charge in [0.25, 0.3) is 0 Å². The minimum atomic E-state index is -5.08. The Morgan fingerprint density at radius 3 is 1.96 bits per heavy atom. The number of carbonyl (C=O) groups is 1. The van der Waals surface area contributed by atoms with Gasteiger partial charge in [0.2, 0.25) is 0 Å². The first-order valence-electron chi connectivity index (χ1n) is 6.16. The number of hydrogen-bond acceptors (Lipinski definition) is 5. The van der Waals surface area contributed by atoms with Gasteiger partial charge in [-0.15, -0.1) is 0 Å². The number of aliphatic hydroxyl groups excluding tert-OH is 1. The highest BCUT2D eigenvalue weighted by Gasteiger charge is 2.39. The lowest BCUT2D eigenvalue weighted by Crippen LogP contribution is -2.47. The van der Waals surface area contributed by atoms with E-state index in [1.807, 2.05) is 13.8 Å². The van der Waals surface area contributed by atoms with Crippen molar-refractivity contribution in [3.8, 4) is 0 Å². The zero-order valence-electron chi connectivity index (χ0n) is 12.0. The van der Waals surface area contributed by atoms with Crippen LogP contribution in [0.5, 0.6) is 0 Å². The van der Waals surface area contributed by atoms with Crippen molar-refractivity contribution in [2.45, 2.75) is 44.2 Å². The average Bonchev–Trinajstić information content (AvgIpc) is 2.34. The third-order valence-electron chi connectivity index (χ3n) is 2.08. The van der Waals surface area contributed by atoms with Gasteiger partial charge in [0.1, 0.15) is 0 Å². The summed E-state index contributed by atoms with van der Waals surface area (Å²) < 4.78 is 89.3. The molecule has 0 radical (unpaired) electrons. The lowest BCUT2D eigenvalue weighted by atomic mass is 10.1. The molecule has 1 saturated heterocycles. The van der Waals surface area contributed by atoms with Crippen molar-refractivity contribution in [1.82, 2.24) is 5.32 Å². The summed E-state index contributed by atoms with van der Waals surface area (Å²) in [5.41, 5.74) is -5.08. The van der Waals surface area contributed by atoms with Crippen LogP contribution in [-0.2, 0) is 20.6 Å².